The number of anilines is 1. The van der Waals surface area contributed by atoms with Crippen molar-refractivity contribution >= 4 is 5.69 Å². The predicted octanol–water partition coefficient (Wildman–Crippen LogP) is 2.40. The Bertz CT molecular complexity index is 308. The van der Waals surface area contributed by atoms with Crippen LogP contribution in [0.15, 0.2) is 24.3 Å². The van der Waals surface area contributed by atoms with Crippen molar-refractivity contribution in [1.82, 2.24) is 0 Å². The third-order valence-corrected chi connectivity index (χ3v) is 1.96. The summed E-state index contributed by atoms with van der Waals surface area (Å²) in [5, 5.41) is 11.5. The van der Waals surface area contributed by atoms with Crippen molar-refractivity contribution in [2.75, 3.05) is 11.6 Å². The molecule has 4 nitrogen and oxygen atoms in total. The van der Waals surface area contributed by atoms with Gasteiger partial charge in [-0.25, -0.2) is 10.1 Å². The molecule has 0 saturated heterocycles. The molecule has 14 heavy (non-hydrogen) atoms. The molecule has 0 fully saturated rings. The maximum atomic E-state index is 10.7. The van der Waals surface area contributed by atoms with Crippen molar-refractivity contribution in [2.24, 2.45) is 0 Å². The van der Waals surface area contributed by atoms with Gasteiger partial charge in [-0.1, -0.05) is 29.6 Å². The monoisotopic (exact) mass is 194 g/mol. The molecule has 0 bridgehead atoms. The molecule has 0 unspecified atom stereocenters. The number of nitro groups is 1. The molecule has 0 aliphatic carbocycles. The van der Waals surface area contributed by atoms with Crippen LogP contribution in [0.4, 0.5) is 5.69 Å². The summed E-state index contributed by atoms with van der Waals surface area (Å²) in [4.78, 5) is 10.7. The zero-order chi connectivity index (χ0) is 10.6. The van der Waals surface area contributed by atoms with Crippen molar-refractivity contribution < 1.29 is 5.03 Å². The molecule has 1 aromatic rings. The molecule has 0 spiro atoms. The Labute approximate surface area is 83.3 Å². The van der Waals surface area contributed by atoms with E-state index in [1.807, 2.05) is 26.0 Å². The Hall–Kier alpha value is -1.58. The van der Waals surface area contributed by atoms with Crippen LogP contribution in [0.1, 0.15) is 18.9 Å². The van der Waals surface area contributed by atoms with E-state index in [4.69, 9.17) is 0 Å². The summed E-state index contributed by atoms with van der Waals surface area (Å²) in [6, 6.07) is 7.30. The molecule has 0 N–H and O–H groups in total. The standard InChI is InChI=1S/C10H14N2O2/c1-3-8-11(12(13)14)10-6-4-9(2)5-7-10/h4-7H,3,8H2,1-2H3. The molecule has 1 rings (SSSR count). The fourth-order valence-electron chi connectivity index (χ4n) is 1.23. The van der Waals surface area contributed by atoms with Gasteiger partial charge in [0.1, 0.15) is 5.69 Å². The molecule has 0 aliphatic rings. The van der Waals surface area contributed by atoms with E-state index < -0.39 is 0 Å². The van der Waals surface area contributed by atoms with Crippen LogP contribution in [-0.4, -0.2) is 11.6 Å². The highest BCUT2D eigenvalue weighted by Crippen LogP contribution is 2.15. The molecule has 0 saturated carbocycles. The van der Waals surface area contributed by atoms with E-state index in [9.17, 15) is 10.1 Å². The summed E-state index contributed by atoms with van der Waals surface area (Å²) >= 11 is 0. The van der Waals surface area contributed by atoms with Gasteiger partial charge < -0.3 is 0 Å². The summed E-state index contributed by atoms with van der Waals surface area (Å²) in [6.07, 6.45) is 0.759. The number of nitrogens with zero attached hydrogens (tertiary/aromatic N) is 2. The quantitative estimate of drug-likeness (QED) is 0.546. The van der Waals surface area contributed by atoms with Gasteiger partial charge in [0.25, 0.3) is 0 Å². The van der Waals surface area contributed by atoms with E-state index in [0.29, 0.717) is 12.2 Å². The lowest BCUT2D eigenvalue weighted by atomic mass is 10.2. The van der Waals surface area contributed by atoms with Gasteiger partial charge in [0.2, 0.25) is 0 Å². The van der Waals surface area contributed by atoms with E-state index >= 15 is 0 Å². The molecule has 76 valence electrons. The third kappa shape index (κ3) is 2.45. The second-order valence-corrected chi connectivity index (χ2v) is 3.20. The molecule has 0 amide bonds. The Morgan fingerprint density at radius 3 is 2.36 bits per heavy atom. The van der Waals surface area contributed by atoms with E-state index in [-0.39, 0.29) is 5.03 Å². The Morgan fingerprint density at radius 2 is 1.93 bits per heavy atom. The Morgan fingerprint density at radius 1 is 1.36 bits per heavy atom. The lowest BCUT2D eigenvalue weighted by molar-refractivity contribution is -0.494. The van der Waals surface area contributed by atoms with Gasteiger partial charge in [-0.2, -0.15) is 0 Å². The van der Waals surface area contributed by atoms with Crippen LogP contribution in [0.3, 0.4) is 0 Å². The SMILES string of the molecule is CCCN(c1ccc(C)cc1)[N+](=O)[O-]. The van der Waals surface area contributed by atoms with Gasteiger partial charge >= 0.3 is 0 Å². The van der Waals surface area contributed by atoms with Crippen LogP contribution in [0.25, 0.3) is 0 Å². The minimum absolute atomic E-state index is 0.367. The number of hydrazine groups is 1. The van der Waals surface area contributed by atoms with E-state index in [2.05, 4.69) is 0 Å². The van der Waals surface area contributed by atoms with Crippen LogP contribution < -0.4 is 5.01 Å². The van der Waals surface area contributed by atoms with Gasteiger partial charge in [0, 0.05) is 0 Å². The lowest BCUT2D eigenvalue weighted by Gasteiger charge is -2.12. The molecule has 0 aromatic heterocycles. The average Bonchev–Trinajstić information content (AvgIpc) is 2.15. The van der Waals surface area contributed by atoms with Crippen molar-refractivity contribution in [3.05, 3.63) is 39.9 Å². The van der Waals surface area contributed by atoms with Gasteiger partial charge in [-0.3, -0.25) is 0 Å². The minimum Gasteiger partial charge on any atom is -0.234 e. The molecular formula is C10H14N2O2. The summed E-state index contributed by atoms with van der Waals surface area (Å²) in [7, 11) is 0. The first-order chi connectivity index (χ1) is 6.65. The predicted molar refractivity (Wildman–Crippen MR) is 55.8 cm³/mol. The first-order valence-corrected chi connectivity index (χ1v) is 4.63. The Kier molecular flexibility index (Phi) is 3.45. The molecule has 0 heterocycles. The second kappa shape index (κ2) is 4.60. The van der Waals surface area contributed by atoms with Gasteiger partial charge in [0.15, 0.2) is 5.03 Å². The average molecular weight is 194 g/mol. The maximum absolute atomic E-state index is 10.7. The van der Waals surface area contributed by atoms with Crippen LogP contribution in [-0.2, 0) is 0 Å². The highest BCUT2D eigenvalue weighted by molar-refractivity contribution is 5.44. The Balaban J connectivity index is 2.87. The fraction of sp³-hybridized carbons (Fsp3) is 0.400. The topological polar surface area (TPSA) is 46.4 Å². The maximum Gasteiger partial charge on any atom is 0.165 e. The molecule has 0 aliphatic heterocycles. The van der Waals surface area contributed by atoms with Crippen molar-refractivity contribution in [3.63, 3.8) is 0 Å². The number of benzene rings is 1. The molecule has 0 atom stereocenters. The minimum atomic E-state index is -0.367. The summed E-state index contributed by atoms with van der Waals surface area (Å²) in [5.74, 6) is 0. The van der Waals surface area contributed by atoms with Gasteiger partial charge in [-0.15, -0.1) is 0 Å². The molecular weight excluding hydrogens is 180 g/mol. The van der Waals surface area contributed by atoms with Crippen molar-refractivity contribution in [3.8, 4) is 0 Å². The highest BCUT2D eigenvalue weighted by Gasteiger charge is 2.14. The van der Waals surface area contributed by atoms with Crippen LogP contribution in [0.2, 0.25) is 0 Å². The normalized spacial score (nSPS) is 9.86. The smallest absolute Gasteiger partial charge is 0.165 e. The largest absolute Gasteiger partial charge is 0.234 e. The zero-order valence-electron chi connectivity index (χ0n) is 8.43. The number of hydrogen-bond donors (Lipinski definition) is 0. The molecule has 4 heteroatoms. The van der Waals surface area contributed by atoms with Crippen LogP contribution in [0.5, 0.6) is 0 Å². The summed E-state index contributed by atoms with van der Waals surface area (Å²) in [5.41, 5.74) is 1.75. The van der Waals surface area contributed by atoms with Gasteiger partial charge in [-0.05, 0) is 25.5 Å². The van der Waals surface area contributed by atoms with Crippen LogP contribution in [0, 0.1) is 17.0 Å². The number of hydrogen-bond acceptors (Lipinski definition) is 2. The fourth-order valence-corrected chi connectivity index (χ4v) is 1.23. The summed E-state index contributed by atoms with van der Waals surface area (Å²) in [6.45, 7) is 4.32. The third-order valence-electron chi connectivity index (χ3n) is 1.96. The highest BCUT2D eigenvalue weighted by atomic mass is 16.7. The first-order valence-electron chi connectivity index (χ1n) is 4.63. The molecule has 0 radical (unpaired) electrons. The molecule has 1 aromatic carbocycles. The van der Waals surface area contributed by atoms with Crippen molar-refractivity contribution in [2.45, 2.75) is 20.3 Å². The number of rotatable bonds is 4. The summed E-state index contributed by atoms with van der Waals surface area (Å²) < 4.78 is 0. The number of aryl methyl sites for hydroxylation is 1. The van der Waals surface area contributed by atoms with E-state index in [0.717, 1.165) is 12.0 Å². The second-order valence-electron chi connectivity index (χ2n) is 3.20. The van der Waals surface area contributed by atoms with E-state index in [1.54, 1.807) is 12.1 Å². The van der Waals surface area contributed by atoms with Crippen molar-refractivity contribution in [1.29, 1.82) is 0 Å². The zero-order valence-corrected chi connectivity index (χ0v) is 8.43. The van der Waals surface area contributed by atoms with E-state index in [1.165, 1.54) is 5.01 Å². The van der Waals surface area contributed by atoms with Crippen LogP contribution >= 0.6 is 0 Å². The first kappa shape index (κ1) is 10.5. The van der Waals surface area contributed by atoms with Gasteiger partial charge in [0.05, 0.1) is 6.54 Å². The lowest BCUT2D eigenvalue weighted by Crippen LogP contribution is -2.30.